The molecule has 2 radical (unpaired) electrons. The molecule has 56 valence electrons. The monoisotopic (exact) mass is 166 g/mol. The van der Waals surface area contributed by atoms with Crippen LogP contribution in [0.2, 0.25) is 0 Å². The normalized spacial score (nSPS) is 8.50. The summed E-state index contributed by atoms with van der Waals surface area (Å²) in [7, 11) is 0. The van der Waals surface area contributed by atoms with E-state index in [2.05, 4.69) is 13.5 Å². The molecule has 0 aromatic heterocycles. The molecule has 0 unspecified atom stereocenters. The van der Waals surface area contributed by atoms with Crippen LogP contribution in [0.15, 0.2) is 12.7 Å². The standard InChI is InChI=1S/C9H18.Ca/c1-3-5-7-9-8-6-4-2;/h3H,1,4-9H2,2H3;. The van der Waals surface area contributed by atoms with Gasteiger partial charge in [-0.2, -0.15) is 0 Å². The molecule has 0 fully saturated rings. The number of unbranched alkanes of at least 4 members (excludes halogenated alkanes) is 5. The van der Waals surface area contributed by atoms with Crippen molar-refractivity contribution in [3.8, 4) is 0 Å². The van der Waals surface area contributed by atoms with Gasteiger partial charge in [-0.3, -0.25) is 0 Å². The molecule has 0 bridgehead atoms. The fraction of sp³-hybridized carbons (Fsp3) is 0.778. The summed E-state index contributed by atoms with van der Waals surface area (Å²) in [5.74, 6) is 0. The van der Waals surface area contributed by atoms with E-state index < -0.39 is 0 Å². The van der Waals surface area contributed by atoms with Crippen LogP contribution in [-0.4, -0.2) is 37.7 Å². The molecule has 0 N–H and O–H groups in total. The molecule has 0 atom stereocenters. The average Bonchev–Trinajstić information content (AvgIpc) is 1.89. The first-order valence-corrected chi connectivity index (χ1v) is 4.02. The Hall–Kier alpha value is 1.000. The summed E-state index contributed by atoms with van der Waals surface area (Å²) in [5, 5.41) is 0. The Morgan fingerprint density at radius 1 is 1.10 bits per heavy atom. The van der Waals surface area contributed by atoms with E-state index in [9.17, 15) is 0 Å². The van der Waals surface area contributed by atoms with Crippen LogP contribution >= 0.6 is 0 Å². The van der Waals surface area contributed by atoms with Crippen molar-refractivity contribution in [3.05, 3.63) is 12.7 Å². The predicted molar refractivity (Wildman–Crippen MR) is 49.3 cm³/mol. The minimum Gasteiger partial charge on any atom is -0.103 e. The van der Waals surface area contributed by atoms with Crippen molar-refractivity contribution in [3.63, 3.8) is 0 Å². The van der Waals surface area contributed by atoms with Crippen molar-refractivity contribution < 1.29 is 0 Å². The first-order valence-electron chi connectivity index (χ1n) is 4.02. The van der Waals surface area contributed by atoms with E-state index in [0.717, 1.165) is 0 Å². The van der Waals surface area contributed by atoms with E-state index in [1.807, 2.05) is 6.08 Å². The maximum atomic E-state index is 3.68. The predicted octanol–water partition coefficient (Wildman–Crippen LogP) is 3.15. The van der Waals surface area contributed by atoms with Crippen LogP contribution < -0.4 is 0 Å². The third kappa shape index (κ3) is 11.8. The molecule has 0 aromatic rings. The quantitative estimate of drug-likeness (QED) is 0.323. The molecule has 0 spiro atoms. The van der Waals surface area contributed by atoms with Gasteiger partial charge in [0.05, 0.1) is 0 Å². The SMILES string of the molecule is C=CCCCCCCC.[Ca]. The van der Waals surface area contributed by atoms with Gasteiger partial charge >= 0.3 is 0 Å². The second-order valence-electron chi connectivity index (χ2n) is 2.49. The Morgan fingerprint density at radius 2 is 1.70 bits per heavy atom. The van der Waals surface area contributed by atoms with Crippen LogP contribution in [0.4, 0.5) is 0 Å². The number of rotatable bonds is 6. The fourth-order valence-corrected chi connectivity index (χ4v) is 0.892. The molecule has 0 heterocycles. The molecule has 0 aliphatic heterocycles. The molecule has 0 aromatic carbocycles. The van der Waals surface area contributed by atoms with Gasteiger partial charge in [0.1, 0.15) is 0 Å². The second kappa shape index (κ2) is 12.7. The minimum absolute atomic E-state index is 0. The van der Waals surface area contributed by atoms with Gasteiger partial charge in [0.25, 0.3) is 0 Å². The van der Waals surface area contributed by atoms with Crippen LogP contribution in [0, 0.1) is 0 Å². The molecule has 0 nitrogen and oxygen atoms in total. The van der Waals surface area contributed by atoms with Crippen molar-refractivity contribution >= 4 is 37.7 Å². The van der Waals surface area contributed by atoms with E-state index >= 15 is 0 Å². The molecule has 0 rings (SSSR count). The largest absolute Gasteiger partial charge is 0.103 e. The molecular formula is C9H18Ca. The van der Waals surface area contributed by atoms with Crippen LogP contribution in [0.25, 0.3) is 0 Å². The van der Waals surface area contributed by atoms with Crippen LogP contribution in [-0.2, 0) is 0 Å². The Kier molecular flexibility index (Phi) is 17.2. The maximum absolute atomic E-state index is 3.68. The minimum atomic E-state index is 0. The second-order valence-corrected chi connectivity index (χ2v) is 2.49. The fourth-order valence-electron chi connectivity index (χ4n) is 0.892. The zero-order chi connectivity index (χ0) is 6.95. The van der Waals surface area contributed by atoms with E-state index in [-0.39, 0.29) is 37.7 Å². The van der Waals surface area contributed by atoms with Crippen molar-refractivity contribution in [2.24, 2.45) is 0 Å². The van der Waals surface area contributed by atoms with Gasteiger partial charge in [0, 0.05) is 37.7 Å². The molecule has 0 saturated carbocycles. The van der Waals surface area contributed by atoms with E-state index in [4.69, 9.17) is 0 Å². The molecule has 10 heavy (non-hydrogen) atoms. The average molecular weight is 166 g/mol. The molecule has 0 amide bonds. The maximum Gasteiger partial charge on any atom is 0 e. The van der Waals surface area contributed by atoms with E-state index in [0.29, 0.717) is 0 Å². The third-order valence-corrected chi connectivity index (χ3v) is 1.51. The molecule has 1 heteroatoms. The third-order valence-electron chi connectivity index (χ3n) is 1.51. The molecule has 0 aliphatic carbocycles. The van der Waals surface area contributed by atoms with Crippen LogP contribution in [0.5, 0.6) is 0 Å². The van der Waals surface area contributed by atoms with Gasteiger partial charge in [-0.1, -0.05) is 38.7 Å². The summed E-state index contributed by atoms with van der Waals surface area (Å²) in [6.07, 6.45) is 10.1. The summed E-state index contributed by atoms with van der Waals surface area (Å²) >= 11 is 0. The molecule has 0 aliphatic rings. The first-order chi connectivity index (χ1) is 4.41. The number of allylic oxidation sites excluding steroid dienone is 1. The van der Waals surface area contributed by atoms with Gasteiger partial charge in [0.15, 0.2) is 0 Å². The van der Waals surface area contributed by atoms with E-state index in [1.54, 1.807) is 0 Å². The van der Waals surface area contributed by atoms with Gasteiger partial charge < -0.3 is 0 Å². The number of hydrogen-bond acceptors (Lipinski definition) is 0. The Labute approximate surface area is 95.1 Å². The zero-order valence-electron chi connectivity index (χ0n) is 7.23. The summed E-state index contributed by atoms with van der Waals surface area (Å²) in [6.45, 7) is 5.92. The smallest absolute Gasteiger partial charge is 0 e. The van der Waals surface area contributed by atoms with Gasteiger partial charge in [-0.05, 0) is 12.8 Å². The van der Waals surface area contributed by atoms with Crippen LogP contribution in [0.3, 0.4) is 0 Å². The van der Waals surface area contributed by atoms with Crippen LogP contribution in [0.1, 0.15) is 45.4 Å². The van der Waals surface area contributed by atoms with Crippen molar-refractivity contribution in [1.82, 2.24) is 0 Å². The molecule has 0 saturated heterocycles. The Bertz CT molecular complexity index is 59.7. The Morgan fingerprint density at radius 3 is 2.20 bits per heavy atom. The summed E-state index contributed by atoms with van der Waals surface area (Å²) in [6, 6.07) is 0. The van der Waals surface area contributed by atoms with Crippen molar-refractivity contribution in [2.45, 2.75) is 45.4 Å². The topological polar surface area (TPSA) is 0 Å². The number of hydrogen-bond donors (Lipinski definition) is 0. The Balaban J connectivity index is 0. The van der Waals surface area contributed by atoms with Crippen molar-refractivity contribution in [2.75, 3.05) is 0 Å². The van der Waals surface area contributed by atoms with Gasteiger partial charge in [-0.15, -0.1) is 6.58 Å². The molecular weight excluding hydrogens is 148 g/mol. The first kappa shape index (κ1) is 13.6. The zero-order valence-corrected chi connectivity index (χ0v) is 9.44. The van der Waals surface area contributed by atoms with Crippen molar-refractivity contribution in [1.29, 1.82) is 0 Å². The summed E-state index contributed by atoms with van der Waals surface area (Å²) in [4.78, 5) is 0. The van der Waals surface area contributed by atoms with Gasteiger partial charge in [-0.25, -0.2) is 0 Å². The summed E-state index contributed by atoms with van der Waals surface area (Å²) < 4.78 is 0. The van der Waals surface area contributed by atoms with Gasteiger partial charge in [0.2, 0.25) is 0 Å². The summed E-state index contributed by atoms with van der Waals surface area (Å²) in [5.41, 5.74) is 0. The van der Waals surface area contributed by atoms with E-state index in [1.165, 1.54) is 38.5 Å².